The highest BCUT2D eigenvalue weighted by Crippen LogP contribution is 2.26. The smallest absolute Gasteiger partial charge is 0.0750 e. The van der Waals surface area contributed by atoms with Crippen LogP contribution in [0.4, 0.5) is 17.1 Å². The lowest BCUT2D eigenvalue weighted by atomic mass is 10.1. The molecule has 94 valence electrons. The van der Waals surface area contributed by atoms with Crippen molar-refractivity contribution in [3.63, 3.8) is 0 Å². The van der Waals surface area contributed by atoms with Crippen molar-refractivity contribution in [2.75, 3.05) is 36.1 Å². The molecule has 17 heavy (non-hydrogen) atoms. The lowest BCUT2D eigenvalue weighted by molar-refractivity contribution is 0.0527. The van der Waals surface area contributed by atoms with Crippen LogP contribution in [0.2, 0.25) is 0 Å². The Balaban J connectivity index is 2.08. The molecule has 4 heteroatoms. The zero-order chi connectivity index (χ0) is 12.3. The van der Waals surface area contributed by atoms with Crippen LogP contribution in [0.25, 0.3) is 0 Å². The van der Waals surface area contributed by atoms with Crippen LogP contribution in [0.15, 0.2) is 18.2 Å². The summed E-state index contributed by atoms with van der Waals surface area (Å²) in [7, 11) is 0. The van der Waals surface area contributed by atoms with Gasteiger partial charge in [0.25, 0.3) is 0 Å². The molecule has 0 aromatic heterocycles. The van der Waals surface area contributed by atoms with E-state index >= 15 is 0 Å². The molecule has 0 bridgehead atoms. The Bertz CT molecular complexity index is 379. The number of hydrogen-bond acceptors (Lipinski definition) is 4. The molecular formula is C13H21N3O. The van der Waals surface area contributed by atoms with Gasteiger partial charge in [-0.1, -0.05) is 0 Å². The number of nitrogen functional groups attached to an aromatic ring is 2. The summed E-state index contributed by atoms with van der Waals surface area (Å²) in [5, 5.41) is 0. The zero-order valence-corrected chi connectivity index (χ0v) is 10.4. The Labute approximate surface area is 103 Å². The summed E-state index contributed by atoms with van der Waals surface area (Å²) < 4.78 is 5.69. The highest BCUT2D eigenvalue weighted by Gasteiger charge is 2.20. The molecule has 2 rings (SSSR count). The van der Waals surface area contributed by atoms with E-state index in [-0.39, 0.29) is 0 Å². The highest BCUT2D eigenvalue weighted by atomic mass is 16.5. The van der Waals surface area contributed by atoms with E-state index in [1.165, 1.54) is 0 Å². The quantitative estimate of drug-likeness (QED) is 0.785. The molecule has 1 unspecified atom stereocenters. The van der Waals surface area contributed by atoms with Gasteiger partial charge in [-0.15, -0.1) is 0 Å². The maximum absolute atomic E-state index is 5.84. The first-order valence-electron chi connectivity index (χ1n) is 6.22. The highest BCUT2D eigenvalue weighted by molar-refractivity contribution is 5.69. The van der Waals surface area contributed by atoms with Crippen LogP contribution in [0, 0.1) is 0 Å². The second-order valence-corrected chi connectivity index (χ2v) is 4.48. The molecule has 1 fully saturated rings. The van der Waals surface area contributed by atoms with Crippen molar-refractivity contribution in [3.8, 4) is 0 Å². The van der Waals surface area contributed by atoms with Crippen LogP contribution in [0.3, 0.4) is 0 Å². The Morgan fingerprint density at radius 2 is 2.18 bits per heavy atom. The summed E-state index contributed by atoms with van der Waals surface area (Å²) in [5.41, 5.74) is 14.0. The predicted molar refractivity (Wildman–Crippen MR) is 72.1 cm³/mol. The van der Waals surface area contributed by atoms with Crippen molar-refractivity contribution in [2.24, 2.45) is 0 Å². The Kier molecular flexibility index (Phi) is 3.74. The Morgan fingerprint density at radius 1 is 1.35 bits per heavy atom. The third-order valence-corrected chi connectivity index (χ3v) is 3.22. The number of rotatable bonds is 3. The van der Waals surface area contributed by atoms with E-state index < -0.39 is 0 Å². The van der Waals surface area contributed by atoms with Gasteiger partial charge in [-0.2, -0.15) is 0 Å². The molecule has 4 N–H and O–H groups in total. The second kappa shape index (κ2) is 5.27. The third-order valence-electron chi connectivity index (χ3n) is 3.22. The van der Waals surface area contributed by atoms with Crippen LogP contribution in [-0.4, -0.2) is 25.8 Å². The molecule has 1 aliphatic rings. The fourth-order valence-electron chi connectivity index (χ4n) is 2.30. The molecule has 0 amide bonds. The van der Waals surface area contributed by atoms with Crippen molar-refractivity contribution in [3.05, 3.63) is 18.2 Å². The summed E-state index contributed by atoms with van der Waals surface area (Å²) >= 11 is 0. The number of nitrogens with two attached hydrogens (primary N) is 2. The van der Waals surface area contributed by atoms with Crippen LogP contribution in [0.5, 0.6) is 0 Å². The maximum Gasteiger partial charge on any atom is 0.0750 e. The molecule has 0 aliphatic carbocycles. The lowest BCUT2D eigenvalue weighted by Gasteiger charge is -2.34. The first-order chi connectivity index (χ1) is 8.20. The molecule has 0 spiro atoms. The molecule has 0 radical (unpaired) electrons. The van der Waals surface area contributed by atoms with Gasteiger partial charge in [0.1, 0.15) is 0 Å². The standard InChI is InChI=1S/C13H21N3O/c1-2-17-11-4-3-7-16(9-11)10-5-6-12(14)13(15)8-10/h5-6,8,11H,2-4,7,9,14-15H2,1H3. The fraction of sp³-hybridized carbons (Fsp3) is 0.538. The minimum Gasteiger partial charge on any atom is -0.397 e. The molecule has 1 heterocycles. The van der Waals surface area contributed by atoms with Crippen LogP contribution in [0.1, 0.15) is 19.8 Å². The average molecular weight is 235 g/mol. The molecule has 1 aromatic rings. The van der Waals surface area contributed by atoms with Crippen LogP contribution < -0.4 is 16.4 Å². The minimum atomic E-state index is 0.340. The number of anilines is 3. The lowest BCUT2D eigenvalue weighted by Crippen LogP contribution is -2.39. The van der Waals surface area contributed by atoms with Gasteiger partial charge in [0.15, 0.2) is 0 Å². The predicted octanol–water partition coefficient (Wildman–Crippen LogP) is 1.86. The number of piperidine rings is 1. The van der Waals surface area contributed by atoms with Gasteiger partial charge in [-0.3, -0.25) is 0 Å². The Hall–Kier alpha value is -1.42. The molecule has 1 atom stereocenters. The number of benzene rings is 1. The van der Waals surface area contributed by atoms with Gasteiger partial charge in [0, 0.05) is 25.4 Å². The van der Waals surface area contributed by atoms with Crippen molar-refractivity contribution >= 4 is 17.1 Å². The van der Waals surface area contributed by atoms with Gasteiger partial charge in [0.2, 0.25) is 0 Å². The van der Waals surface area contributed by atoms with E-state index in [0.717, 1.165) is 38.2 Å². The maximum atomic E-state index is 5.84. The minimum absolute atomic E-state index is 0.340. The topological polar surface area (TPSA) is 64.5 Å². The van der Waals surface area contributed by atoms with Crippen molar-refractivity contribution < 1.29 is 4.74 Å². The molecule has 0 saturated carbocycles. The fourth-order valence-corrected chi connectivity index (χ4v) is 2.30. The molecule has 4 nitrogen and oxygen atoms in total. The van der Waals surface area contributed by atoms with Crippen molar-refractivity contribution in [2.45, 2.75) is 25.9 Å². The normalized spacial score (nSPS) is 20.5. The van der Waals surface area contributed by atoms with Gasteiger partial charge in [0.05, 0.1) is 17.5 Å². The van der Waals surface area contributed by atoms with Crippen LogP contribution >= 0.6 is 0 Å². The van der Waals surface area contributed by atoms with E-state index in [1.54, 1.807) is 0 Å². The molecule has 1 aromatic carbocycles. The van der Waals surface area contributed by atoms with E-state index in [4.69, 9.17) is 16.2 Å². The number of hydrogen-bond donors (Lipinski definition) is 2. The number of nitrogens with zero attached hydrogens (tertiary/aromatic N) is 1. The SMILES string of the molecule is CCOC1CCCN(c2ccc(N)c(N)c2)C1. The largest absolute Gasteiger partial charge is 0.397 e. The van der Waals surface area contributed by atoms with E-state index in [1.807, 2.05) is 25.1 Å². The molecule has 1 saturated heterocycles. The van der Waals surface area contributed by atoms with E-state index in [9.17, 15) is 0 Å². The first kappa shape index (κ1) is 12.0. The average Bonchev–Trinajstić information content (AvgIpc) is 2.33. The summed E-state index contributed by atoms with van der Waals surface area (Å²) in [5.74, 6) is 0. The summed E-state index contributed by atoms with van der Waals surface area (Å²) in [6, 6.07) is 5.85. The van der Waals surface area contributed by atoms with Crippen molar-refractivity contribution in [1.82, 2.24) is 0 Å². The summed E-state index contributed by atoms with van der Waals surface area (Å²) in [6.07, 6.45) is 2.65. The van der Waals surface area contributed by atoms with Crippen molar-refractivity contribution in [1.29, 1.82) is 0 Å². The first-order valence-corrected chi connectivity index (χ1v) is 6.22. The number of ether oxygens (including phenoxy) is 1. The van der Waals surface area contributed by atoms with Gasteiger partial charge in [-0.25, -0.2) is 0 Å². The van der Waals surface area contributed by atoms with Gasteiger partial charge >= 0.3 is 0 Å². The molecule has 1 aliphatic heterocycles. The van der Waals surface area contributed by atoms with Crippen LogP contribution in [-0.2, 0) is 4.74 Å². The van der Waals surface area contributed by atoms with E-state index in [2.05, 4.69) is 4.90 Å². The zero-order valence-electron chi connectivity index (χ0n) is 10.4. The van der Waals surface area contributed by atoms with Gasteiger partial charge in [-0.05, 0) is 38.0 Å². The molecular weight excluding hydrogens is 214 g/mol. The van der Waals surface area contributed by atoms with Gasteiger partial charge < -0.3 is 21.1 Å². The van der Waals surface area contributed by atoms with E-state index in [0.29, 0.717) is 17.5 Å². The Morgan fingerprint density at radius 3 is 2.88 bits per heavy atom. The third kappa shape index (κ3) is 2.82. The summed E-state index contributed by atoms with van der Waals surface area (Å²) in [6.45, 7) is 4.83. The summed E-state index contributed by atoms with van der Waals surface area (Å²) in [4.78, 5) is 2.32. The monoisotopic (exact) mass is 235 g/mol. The second-order valence-electron chi connectivity index (χ2n) is 4.48.